The molecule has 1 atom stereocenters. The summed E-state index contributed by atoms with van der Waals surface area (Å²) >= 11 is 0. The number of anilines is 1. The molecule has 8 heteroatoms. The Morgan fingerprint density at radius 3 is 2.48 bits per heavy atom. The zero-order chi connectivity index (χ0) is 23.2. The normalized spacial score (nSPS) is 15.1. The number of ether oxygens (including phenoxy) is 1. The largest absolute Gasteiger partial charge is 0.463 e. The predicted molar refractivity (Wildman–Crippen MR) is 128 cm³/mol. The van der Waals surface area contributed by atoms with Crippen molar-refractivity contribution >= 4 is 16.9 Å². The lowest BCUT2D eigenvalue weighted by Gasteiger charge is -2.15. The monoisotopic (exact) mass is 448 g/mol. The van der Waals surface area contributed by atoms with E-state index in [0.29, 0.717) is 36.3 Å². The summed E-state index contributed by atoms with van der Waals surface area (Å²) in [7, 11) is 0. The maximum Gasteiger partial charge on any atom is 0.320 e. The number of aromatic nitrogens is 3. The van der Waals surface area contributed by atoms with Crippen LogP contribution in [-0.2, 0) is 13.1 Å². The molecule has 3 aromatic rings. The lowest BCUT2D eigenvalue weighted by atomic mass is 10.1. The Labute approximate surface area is 194 Å². The van der Waals surface area contributed by atoms with Gasteiger partial charge in [0.05, 0.1) is 24.6 Å². The molecular weight excluding hydrogens is 416 g/mol. The third-order valence-corrected chi connectivity index (χ3v) is 6.15. The van der Waals surface area contributed by atoms with Crippen LogP contribution in [0.2, 0.25) is 0 Å². The minimum Gasteiger partial charge on any atom is -0.463 e. The van der Waals surface area contributed by atoms with E-state index in [1.54, 1.807) is 6.07 Å². The van der Waals surface area contributed by atoms with Gasteiger partial charge in [-0.15, -0.1) is 0 Å². The topological polar surface area (TPSA) is 113 Å². The average Bonchev–Trinajstić information content (AvgIpc) is 3.44. The molecule has 8 nitrogen and oxygen atoms in total. The van der Waals surface area contributed by atoms with Crippen LogP contribution in [0.1, 0.15) is 55.8 Å². The van der Waals surface area contributed by atoms with Gasteiger partial charge in [0.15, 0.2) is 5.65 Å². The molecular formula is C25H32N6O2. The lowest BCUT2D eigenvalue weighted by Crippen LogP contribution is -2.18. The molecule has 0 radical (unpaired) electrons. The van der Waals surface area contributed by atoms with Crippen molar-refractivity contribution in [3.8, 4) is 12.1 Å². The zero-order valence-electron chi connectivity index (χ0n) is 19.2. The fourth-order valence-electron chi connectivity index (χ4n) is 4.34. The molecule has 2 aromatic heterocycles. The highest BCUT2D eigenvalue weighted by Gasteiger charge is 2.17. The first-order valence-corrected chi connectivity index (χ1v) is 11.7. The van der Waals surface area contributed by atoms with E-state index in [4.69, 9.17) is 10.5 Å². The van der Waals surface area contributed by atoms with Gasteiger partial charge in [-0.05, 0) is 49.5 Å². The third kappa shape index (κ3) is 5.62. The highest BCUT2D eigenvalue weighted by atomic mass is 16.5. The molecule has 0 aliphatic carbocycles. The van der Waals surface area contributed by atoms with E-state index in [-0.39, 0.29) is 11.8 Å². The molecule has 0 spiro atoms. The smallest absolute Gasteiger partial charge is 0.320 e. The van der Waals surface area contributed by atoms with Crippen LogP contribution in [0.5, 0.6) is 6.01 Å². The Balaban J connectivity index is 1.52. The van der Waals surface area contributed by atoms with E-state index >= 15 is 0 Å². The number of benzene rings is 1. The molecule has 0 saturated carbocycles. The number of rotatable bonds is 10. The van der Waals surface area contributed by atoms with Gasteiger partial charge < -0.3 is 20.1 Å². The van der Waals surface area contributed by atoms with Gasteiger partial charge in [0.1, 0.15) is 17.6 Å². The molecule has 3 N–H and O–H groups in total. The molecule has 0 unspecified atom stereocenters. The van der Waals surface area contributed by atoms with E-state index in [1.807, 2.05) is 11.5 Å². The summed E-state index contributed by atoms with van der Waals surface area (Å²) < 4.78 is 7.52. The molecule has 1 saturated heterocycles. The van der Waals surface area contributed by atoms with Crippen LogP contribution < -0.4 is 10.5 Å². The van der Waals surface area contributed by atoms with Gasteiger partial charge >= 0.3 is 6.01 Å². The van der Waals surface area contributed by atoms with Crippen molar-refractivity contribution in [2.45, 2.75) is 58.2 Å². The van der Waals surface area contributed by atoms with Crippen molar-refractivity contribution in [2.24, 2.45) is 0 Å². The van der Waals surface area contributed by atoms with Crippen LogP contribution in [0.15, 0.2) is 30.3 Å². The molecule has 3 heterocycles. The van der Waals surface area contributed by atoms with Crippen LogP contribution in [0.25, 0.3) is 11.0 Å². The maximum absolute atomic E-state index is 9.91. The van der Waals surface area contributed by atoms with Gasteiger partial charge in [-0.1, -0.05) is 37.6 Å². The average molecular weight is 449 g/mol. The summed E-state index contributed by atoms with van der Waals surface area (Å²) in [5.41, 5.74) is 9.58. The number of nitriles is 1. The van der Waals surface area contributed by atoms with Gasteiger partial charge in [0.2, 0.25) is 0 Å². The SMILES string of the molecule is CCC[C@@H](O)CCOc1nc(N)c2cc(C#N)n(Cc3ccc(CN4CCCC4)cc3)c2n1. The van der Waals surface area contributed by atoms with Gasteiger partial charge in [-0.3, -0.25) is 4.90 Å². The number of fused-ring (bicyclic) bond motifs is 1. The Kier molecular flexibility index (Phi) is 7.43. The summed E-state index contributed by atoms with van der Waals surface area (Å²) in [6.07, 6.45) is 4.32. The molecule has 0 bridgehead atoms. The van der Waals surface area contributed by atoms with E-state index < -0.39 is 6.10 Å². The van der Waals surface area contributed by atoms with E-state index in [1.165, 1.54) is 31.5 Å². The molecule has 0 amide bonds. The third-order valence-electron chi connectivity index (χ3n) is 6.15. The van der Waals surface area contributed by atoms with E-state index in [2.05, 4.69) is 45.2 Å². The van der Waals surface area contributed by atoms with Crippen LogP contribution in [0.4, 0.5) is 5.82 Å². The van der Waals surface area contributed by atoms with Crippen LogP contribution >= 0.6 is 0 Å². The number of aliphatic hydroxyl groups excluding tert-OH is 1. The summed E-state index contributed by atoms with van der Waals surface area (Å²) in [6, 6.07) is 12.7. The van der Waals surface area contributed by atoms with Gasteiger partial charge in [0, 0.05) is 13.0 Å². The quantitative estimate of drug-likeness (QED) is 0.488. The fourth-order valence-corrected chi connectivity index (χ4v) is 4.34. The zero-order valence-corrected chi connectivity index (χ0v) is 19.2. The molecule has 1 aliphatic rings. The minimum absolute atomic E-state index is 0.161. The number of likely N-dealkylation sites (tertiary alicyclic amines) is 1. The van der Waals surface area contributed by atoms with Gasteiger partial charge in [0.25, 0.3) is 0 Å². The minimum atomic E-state index is -0.404. The van der Waals surface area contributed by atoms with Crippen molar-refractivity contribution in [3.63, 3.8) is 0 Å². The second-order valence-electron chi connectivity index (χ2n) is 8.74. The highest BCUT2D eigenvalue weighted by molar-refractivity contribution is 5.88. The summed E-state index contributed by atoms with van der Waals surface area (Å²) in [5.74, 6) is 0.278. The maximum atomic E-state index is 9.91. The van der Waals surface area contributed by atoms with Crippen molar-refractivity contribution in [3.05, 3.63) is 47.2 Å². The molecule has 1 aliphatic heterocycles. The highest BCUT2D eigenvalue weighted by Crippen LogP contribution is 2.26. The number of nitrogen functional groups attached to an aromatic ring is 1. The second kappa shape index (κ2) is 10.6. The first kappa shape index (κ1) is 23.0. The van der Waals surface area contributed by atoms with Crippen LogP contribution in [-0.4, -0.2) is 50.3 Å². The molecule has 1 aromatic carbocycles. The standard InChI is InChI=1S/C25H32N6O2/c1-2-5-21(32)10-13-33-25-28-23(27)22-14-20(15-26)31(24(22)29-25)17-19-8-6-18(7-9-19)16-30-11-3-4-12-30/h6-9,14,21,32H,2-5,10-13,16-17H2,1H3,(H2,27,28,29)/t21-/m1/s1. The number of nitrogens with two attached hydrogens (primary N) is 1. The Hall–Kier alpha value is -3.15. The Bertz CT molecular complexity index is 1110. The van der Waals surface area contributed by atoms with Gasteiger partial charge in [-0.25, -0.2) is 0 Å². The summed E-state index contributed by atoms with van der Waals surface area (Å²) in [6.45, 7) is 6.16. The van der Waals surface area contributed by atoms with Crippen molar-refractivity contribution in [2.75, 3.05) is 25.4 Å². The number of hydrogen-bond acceptors (Lipinski definition) is 7. The number of hydrogen-bond donors (Lipinski definition) is 2. The molecule has 174 valence electrons. The Morgan fingerprint density at radius 1 is 1.12 bits per heavy atom. The van der Waals surface area contributed by atoms with Crippen LogP contribution in [0.3, 0.4) is 0 Å². The molecule has 1 fully saturated rings. The van der Waals surface area contributed by atoms with E-state index in [0.717, 1.165) is 24.9 Å². The van der Waals surface area contributed by atoms with Crippen molar-refractivity contribution in [1.29, 1.82) is 5.26 Å². The second-order valence-corrected chi connectivity index (χ2v) is 8.74. The van der Waals surface area contributed by atoms with Gasteiger partial charge in [-0.2, -0.15) is 15.2 Å². The molecule has 33 heavy (non-hydrogen) atoms. The molecule has 4 rings (SSSR count). The summed E-state index contributed by atoms with van der Waals surface area (Å²) in [5, 5.41) is 20.2. The van der Waals surface area contributed by atoms with Crippen molar-refractivity contribution in [1.82, 2.24) is 19.4 Å². The van der Waals surface area contributed by atoms with Crippen molar-refractivity contribution < 1.29 is 9.84 Å². The number of nitrogens with zero attached hydrogens (tertiary/aromatic N) is 5. The first-order chi connectivity index (χ1) is 16.1. The summed E-state index contributed by atoms with van der Waals surface area (Å²) in [4.78, 5) is 11.3. The first-order valence-electron chi connectivity index (χ1n) is 11.7. The lowest BCUT2D eigenvalue weighted by molar-refractivity contribution is 0.127. The number of aliphatic hydroxyl groups is 1. The Morgan fingerprint density at radius 2 is 1.82 bits per heavy atom. The van der Waals surface area contributed by atoms with Crippen LogP contribution in [0, 0.1) is 11.3 Å². The van der Waals surface area contributed by atoms with E-state index in [9.17, 15) is 10.4 Å². The predicted octanol–water partition coefficient (Wildman–Crippen LogP) is 3.46. The fraction of sp³-hybridized carbons (Fsp3) is 0.480.